The van der Waals surface area contributed by atoms with Crippen molar-refractivity contribution in [1.29, 1.82) is 0 Å². The molecule has 1 saturated heterocycles. The van der Waals surface area contributed by atoms with Crippen LogP contribution in [0.1, 0.15) is 32.6 Å². The van der Waals surface area contributed by atoms with Gasteiger partial charge < -0.3 is 20.1 Å². The number of rotatable bonds is 6. The number of carbonyl (C=O) groups is 2. The molecule has 2 amide bonds. The average molecular weight is 272 g/mol. The molecule has 1 atom stereocenters. The first kappa shape index (κ1) is 15.8. The number of likely N-dealkylation sites (tertiary alicyclic amines) is 1. The van der Waals surface area contributed by atoms with Crippen LogP contribution in [0.2, 0.25) is 0 Å². The Labute approximate surface area is 114 Å². The third-order valence-corrected chi connectivity index (χ3v) is 3.20. The fraction of sp³-hybridized carbons (Fsp3) is 0.846. The summed E-state index contributed by atoms with van der Waals surface area (Å²) in [5.41, 5.74) is 0. The minimum absolute atomic E-state index is 0.109. The summed E-state index contributed by atoms with van der Waals surface area (Å²) < 4.78 is 4.80. The Kier molecular flexibility index (Phi) is 7.25. The third kappa shape index (κ3) is 5.92. The zero-order valence-corrected chi connectivity index (χ0v) is 11.6. The normalized spacial score (nSPS) is 19.1. The summed E-state index contributed by atoms with van der Waals surface area (Å²) in [5.74, 6) is -0.0332. The molecule has 1 heterocycles. The second kappa shape index (κ2) is 8.74. The molecule has 0 aromatic rings. The van der Waals surface area contributed by atoms with E-state index in [9.17, 15) is 9.59 Å². The molecule has 2 N–H and O–H groups in total. The van der Waals surface area contributed by atoms with Crippen LogP contribution in [-0.4, -0.2) is 54.9 Å². The molecule has 1 fully saturated rings. The van der Waals surface area contributed by atoms with Crippen molar-refractivity contribution in [3.05, 3.63) is 0 Å². The molecular formula is C13H24N2O4. The zero-order valence-electron chi connectivity index (χ0n) is 11.6. The van der Waals surface area contributed by atoms with E-state index in [2.05, 4.69) is 5.32 Å². The Hall–Kier alpha value is -1.30. The van der Waals surface area contributed by atoms with Crippen LogP contribution in [0.15, 0.2) is 0 Å². The van der Waals surface area contributed by atoms with E-state index in [1.54, 1.807) is 11.8 Å². The number of urea groups is 1. The SMILES string of the molecule is CCOC(=O)CCCNC(=O)N1CCCC(CO)C1. The van der Waals surface area contributed by atoms with E-state index in [4.69, 9.17) is 9.84 Å². The molecule has 6 nitrogen and oxygen atoms in total. The number of ether oxygens (including phenoxy) is 1. The monoisotopic (exact) mass is 272 g/mol. The maximum absolute atomic E-state index is 11.8. The number of esters is 1. The highest BCUT2D eigenvalue weighted by atomic mass is 16.5. The van der Waals surface area contributed by atoms with Crippen LogP contribution in [0.5, 0.6) is 0 Å². The van der Waals surface area contributed by atoms with Crippen molar-refractivity contribution in [2.24, 2.45) is 5.92 Å². The van der Waals surface area contributed by atoms with E-state index in [0.717, 1.165) is 19.4 Å². The van der Waals surface area contributed by atoms with Gasteiger partial charge in [-0.05, 0) is 32.1 Å². The first-order chi connectivity index (χ1) is 9.17. The fourth-order valence-corrected chi connectivity index (χ4v) is 2.17. The molecule has 0 saturated carbocycles. The van der Waals surface area contributed by atoms with Crippen molar-refractivity contribution in [2.45, 2.75) is 32.6 Å². The number of nitrogens with zero attached hydrogens (tertiary/aromatic N) is 1. The second-order valence-corrected chi connectivity index (χ2v) is 4.78. The molecular weight excluding hydrogens is 248 g/mol. The molecule has 1 aliphatic rings. The van der Waals surface area contributed by atoms with Gasteiger partial charge in [0, 0.05) is 32.7 Å². The lowest BCUT2D eigenvalue weighted by Gasteiger charge is -2.31. The van der Waals surface area contributed by atoms with Gasteiger partial charge in [-0.2, -0.15) is 0 Å². The average Bonchev–Trinajstić information content (AvgIpc) is 2.43. The molecule has 110 valence electrons. The van der Waals surface area contributed by atoms with Crippen LogP contribution in [-0.2, 0) is 9.53 Å². The van der Waals surface area contributed by atoms with Crippen molar-refractivity contribution in [3.8, 4) is 0 Å². The van der Waals surface area contributed by atoms with Gasteiger partial charge in [0.05, 0.1) is 6.61 Å². The number of nitrogens with one attached hydrogen (secondary N) is 1. The number of amides is 2. The number of piperidine rings is 1. The molecule has 0 spiro atoms. The van der Waals surface area contributed by atoms with Crippen LogP contribution in [0, 0.1) is 5.92 Å². The Balaban J connectivity index is 2.15. The van der Waals surface area contributed by atoms with E-state index >= 15 is 0 Å². The second-order valence-electron chi connectivity index (χ2n) is 4.78. The molecule has 0 aromatic carbocycles. The van der Waals surface area contributed by atoms with Crippen LogP contribution >= 0.6 is 0 Å². The summed E-state index contributed by atoms with van der Waals surface area (Å²) in [4.78, 5) is 24.7. The Morgan fingerprint density at radius 3 is 2.95 bits per heavy atom. The fourth-order valence-electron chi connectivity index (χ4n) is 2.17. The Morgan fingerprint density at radius 2 is 2.26 bits per heavy atom. The smallest absolute Gasteiger partial charge is 0.317 e. The van der Waals surface area contributed by atoms with Gasteiger partial charge in [-0.1, -0.05) is 0 Å². The molecule has 6 heteroatoms. The van der Waals surface area contributed by atoms with Gasteiger partial charge in [0.1, 0.15) is 0 Å². The largest absolute Gasteiger partial charge is 0.466 e. The van der Waals surface area contributed by atoms with Gasteiger partial charge >= 0.3 is 12.0 Å². The van der Waals surface area contributed by atoms with E-state index in [1.807, 2.05) is 0 Å². The van der Waals surface area contributed by atoms with Crippen LogP contribution in [0.4, 0.5) is 4.79 Å². The minimum Gasteiger partial charge on any atom is -0.466 e. The number of aliphatic hydroxyl groups excluding tert-OH is 1. The number of carbonyl (C=O) groups excluding carboxylic acids is 2. The highest BCUT2D eigenvalue weighted by Crippen LogP contribution is 2.15. The number of hydrogen-bond acceptors (Lipinski definition) is 4. The summed E-state index contributed by atoms with van der Waals surface area (Å²) in [6.07, 6.45) is 2.82. The van der Waals surface area contributed by atoms with E-state index < -0.39 is 0 Å². The highest BCUT2D eigenvalue weighted by Gasteiger charge is 2.22. The molecule has 0 aromatic heterocycles. The molecule has 19 heavy (non-hydrogen) atoms. The summed E-state index contributed by atoms with van der Waals surface area (Å²) >= 11 is 0. The summed E-state index contributed by atoms with van der Waals surface area (Å²) in [7, 11) is 0. The van der Waals surface area contributed by atoms with Crippen molar-refractivity contribution in [2.75, 3.05) is 32.8 Å². The van der Waals surface area contributed by atoms with Gasteiger partial charge in [0.2, 0.25) is 0 Å². The predicted molar refractivity (Wildman–Crippen MR) is 70.6 cm³/mol. The Morgan fingerprint density at radius 1 is 1.47 bits per heavy atom. The van der Waals surface area contributed by atoms with Crippen molar-refractivity contribution >= 4 is 12.0 Å². The van der Waals surface area contributed by atoms with E-state index in [1.165, 1.54) is 0 Å². The Bertz CT molecular complexity index is 296. The van der Waals surface area contributed by atoms with Crippen LogP contribution in [0.25, 0.3) is 0 Å². The first-order valence-corrected chi connectivity index (χ1v) is 6.96. The third-order valence-electron chi connectivity index (χ3n) is 3.20. The molecule has 1 aliphatic heterocycles. The van der Waals surface area contributed by atoms with Gasteiger partial charge in [-0.15, -0.1) is 0 Å². The lowest BCUT2D eigenvalue weighted by Crippen LogP contribution is -2.46. The maximum Gasteiger partial charge on any atom is 0.317 e. The molecule has 0 radical (unpaired) electrons. The van der Waals surface area contributed by atoms with Crippen molar-refractivity contribution in [1.82, 2.24) is 10.2 Å². The van der Waals surface area contributed by atoms with Gasteiger partial charge in [0.25, 0.3) is 0 Å². The van der Waals surface area contributed by atoms with Crippen LogP contribution < -0.4 is 5.32 Å². The standard InChI is InChI=1S/C13H24N2O4/c1-2-19-12(17)6-3-7-14-13(18)15-8-4-5-11(9-15)10-16/h11,16H,2-10H2,1H3,(H,14,18). The van der Waals surface area contributed by atoms with Gasteiger partial charge in [-0.25, -0.2) is 4.79 Å². The summed E-state index contributed by atoms with van der Waals surface area (Å²) in [5, 5.41) is 11.9. The van der Waals surface area contributed by atoms with Crippen molar-refractivity contribution < 1.29 is 19.4 Å². The minimum atomic E-state index is -0.227. The van der Waals surface area contributed by atoms with Crippen LogP contribution in [0.3, 0.4) is 0 Å². The van der Waals surface area contributed by atoms with Gasteiger partial charge in [0.15, 0.2) is 0 Å². The molecule has 0 aliphatic carbocycles. The quantitative estimate of drug-likeness (QED) is 0.552. The summed E-state index contributed by atoms with van der Waals surface area (Å²) in [6, 6.07) is -0.109. The molecule has 1 unspecified atom stereocenters. The highest BCUT2D eigenvalue weighted by molar-refractivity contribution is 5.74. The number of hydrogen-bond donors (Lipinski definition) is 2. The van der Waals surface area contributed by atoms with Crippen molar-refractivity contribution in [3.63, 3.8) is 0 Å². The number of aliphatic hydroxyl groups is 1. The van der Waals surface area contributed by atoms with Gasteiger partial charge in [-0.3, -0.25) is 4.79 Å². The van der Waals surface area contributed by atoms with E-state index in [-0.39, 0.29) is 24.5 Å². The summed E-state index contributed by atoms with van der Waals surface area (Å²) in [6.45, 7) is 4.11. The lowest BCUT2D eigenvalue weighted by atomic mass is 9.99. The molecule has 0 bridgehead atoms. The lowest BCUT2D eigenvalue weighted by molar-refractivity contribution is -0.143. The molecule has 1 rings (SSSR count). The van der Waals surface area contributed by atoms with E-state index in [0.29, 0.717) is 32.5 Å². The maximum atomic E-state index is 11.8. The zero-order chi connectivity index (χ0) is 14.1. The predicted octanol–water partition coefficient (Wildman–Crippen LogP) is 0.744. The first-order valence-electron chi connectivity index (χ1n) is 6.96. The topological polar surface area (TPSA) is 78.9 Å².